The van der Waals surface area contributed by atoms with E-state index in [-0.39, 0.29) is 18.0 Å². The molecule has 5 nitrogen and oxygen atoms in total. The van der Waals surface area contributed by atoms with E-state index in [9.17, 15) is 9.59 Å². The van der Waals surface area contributed by atoms with E-state index in [0.717, 1.165) is 24.8 Å². The number of carbonyl (C=O) groups is 2. The topological polar surface area (TPSA) is 68.5 Å². The lowest BCUT2D eigenvalue weighted by molar-refractivity contribution is 0.0378. The van der Waals surface area contributed by atoms with Crippen molar-refractivity contribution in [1.29, 1.82) is 0 Å². The number of thiophene rings is 1. The molecule has 0 radical (unpaired) electrons. The van der Waals surface area contributed by atoms with Gasteiger partial charge in [-0.3, -0.25) is 4.79 Å². The average Bonchev–Trinajstić information content (AvgIpc) is 3.09. The summed E-state index contributed by atoms with van der Waals surface area (Å²) in [5, 5.41) is 3.48. The number of fused-ring (bicyclic) bond motifs is 1. The van der Waals surface area contributed by atoms with Gasteiger partial charge in [0, 0.05) is 4.88 Å². The van der Waals surface area contributed by atoms with Crippen LogP contribution in [-0.2, 0) is 17.6 Å². The SMILES string of the molecule is Cc1occc1C(=O)Nc1sc2c(c1C(=O)OC(C)C)CCC(C)C2. The van der Waals surface area contributed by atoms with E-state index in [1.54, 1.807) is 13.0 Å². The Balaban J connectivity index is 1.96. The van der Waals surface area contributed by atoms with Crippen LogP contribution >= 0.6 is 11.3 Å². The van der Waals surface area contributed by atoms with Crippen LogP contribution in [0.15, 0.2) is 16.7 Å². The number of hydrogen-bond donors (Lipinski definition) is 1. The van der Waals surface area contributed by atoms with Crippen LogP contribution in [0.25, 0.3) is 0 Å². The van der Waals surface area contributed by atoms with Crippen LogP contribution in [0.3, 0.4) is 0 Å². The summed E-state index contributed by atoms with van der Waals surface area (Å²) >= 11 is 1.49. The number of rotatable bonds is 4. The Hall–Kier alpha value is -2.08. The molecule has 1 amide bonds. The van der Waals surface area contributed by atoms with Gasteiger partial charge in [-0.15, -0.1) is 11.3 Å². The van der Waals surface area contributed by atoms with Crippen molar-refractivity contribution in [3.8, 4) is 0 Å². The van der Waals surface area contributed by atoms with E-state index < -0.39 is 0 Å². The molecule has 1 aliphatic carbocycles. The van der Waals surface area contributed by atoms with E-state index in [1.807, 2.05) is 13.8 Å². The van der Waals surface area contributed by atoms with E-state index in [4.69, 9.17) is 9.15 Å². The summed E-state index contributed by atoms with van der Waals surface area (Å²) in [6, 6.07) is 1.63. The summed E-state index contributed by atoms with van der Waals surface area (Å²) in [5.41, 5.74) is 2.03. The first-order chi connectivity index (χ1) is 11.9. The molecule has 0 saturated carbocycles. The molecule has 6 heteroatoms. The number of ether oxygens (including phenoxy) is 1. The minimum absolute atomic E-state index is 0.203. The van der Waals surface area contributed by atoms with Gasteiger partial charge in [0.25, 0.3) is 5.91 Å². The number of hydrogen-bond acceptors (Lipinski definition) is 5. The third kappa shape index (κ3) is 3.63. The highest BCUT2D eigenvalue weighted by Crippen LogP contribution is 2.40. The molecule has 1 atom stereocenters. The zero-order chi connectivity index (χ0) is 18.1. The highest BCUT2D eigenvalue weighted by Gasteiger charge is 2.30. The van der Waals surface area contributed by atoms with Crippen LogP contribution in [0.1, 0.15) is 64.1 Å². The molecule has 2 aromatic rings. The quantitative estimate of drug-likeness (QED) is 0.809. The van der Waals surface area contributed by atoms with Crippen molar-refractivity contribution in [2.75, 3.05) is 5.32 Å². The normalized spacial score (nSPS) is 16.6. The Morgan fingerprint density at radius 3 is 2.80 bits per heavy atom. The second-order valence-electron chi connectivity index (χ2n) is 6.85. The monoisotopic (exact) mass is 361 g/mol. The number of anilines is 1. The largest absolute Gasteiger partial charge is 0.469 e. The van der Waals surface area contributed by atoms with Crippen LogP contribution in [0.5, 0.6) is 0 Å². The van der Waals surface area contributed by atoms with Crippen LogP contribution in [-0.4, -0.2) is 18.0 Å². The van der Waals surface area contributed by atoms with Gasteiger partial charge in [0.05, 0.1) is 23.5 Å². The number of esters is 1. The van der Waals surface area contributed by atoms with Gasteiger partial charge in [-0.05, 0) is 57.6 Å². The smallest absolute Gasteiger partial charge is 0.341 e. The zero-order valence-corrected chi connectivity index (χ0v) is 15.8. The number of nitrogens with one attached hydrogen (secondary N) is 1. The highest BCUT2D eigenvalue weighted by atomic mass is 32.1. The van der Waals surface area contributed by atoms with E-state index in [0.29, 0.717) is 27.8 Å². The van der Waals surface area contributed by atoms with E-state index >= 15 is 0 Å². The van der Waals surface area contributed by atoms with Gasteiger partial charge in [0.15, 0.2) is 0 Å². The molecule has 25 heavy (non-hydrogen) atoms. The maximum absolute atomic E-state index is 12.6. The van der Waals surface area contributed by atoms with Gasteiger partial charge >= 0.3 is 5.97 Å². The molecular formula is C19H23NO4S. The molecule has 0 saturated heterocycles. The molecule has 2 heterocycles. The fourth-order valence-electron chi connectivity index (χ4n) is 3.12. The fraction of sp³-hybridized carbons (Fsp3) is 0.474. The van der Waals surface area contributed by atoms with Gasteiger partial charge in [0.2, 0.25) is 0 Å². The second-order valence-corrected chi connectivity index (χ2v) is 7.96. The van der Waals surface area contributed by atoms with Crippen molar-refractivity contribution in [2.45, 2.75) is 53.1 Å². The van der Waals surface area contributed by atoms with Crippen LogP contribution in [0.2, 0.25) is 0 Å². The predicted octanol–water partition coefficient (Wildman–Crippen LogP) is 4.59. The molecule has 3 rings (SSSR count). The fourth-order valence-corrected chi connectivity index (χ4v) is 4.51. The summed E-state index contributed by atoms with van der Waals surface area (Å²) in [5.74, 6) is 0.510. The van der Waals surface area contributed by atoms with Gasteiger partial charge in [-0.25, -0.2) is 4.79 Å². The third-order valence-electron chi connectivity index (χ3n) is 4.39. The maximum Gasteiger partial charge on any atom is 0.341 e. The standard InChI is InChI=1S/C19H23NO4S/c1-10(2)24-19(22)16-14-6-5-11(3)9-15(14)25-18(16)20-17(21)13-7-8-23-12(13)4/h7-8,10-11H,5-6,9H2,1-4H3,(H,20,21). The summed E-state index contributed by atoms with van der Waals surface area (Å²) < 4.78 is 10.6. The highest BCUT2D eigenvalue weighted by molar-refractivity contribution is 7.17. The first-order valence-corrected chi connectivity index (χ1v) is 9.39. The molecule has 2 aromatic heterocycles. The van der Waals surface area contributed by atoms with Crippen LogP contribution < -0.4 is 5.32 Å². The Bertz CT molecular complexity index is 802. The molecule has 0 fully saturated rings. The van der Waals surface area contributed by atoms with Gasteiger partial charge < -0.3 is 14.5 Å². The van der Waals surface area contributed by atoms with Crippen molar-refractivity contribution in [2.24, 2.45) is 5.92 Å². The first-order valence-electron chi connectivity index (χ1n) is 8.57. The summed E-state index contributed by atoms with van der Waals surface area (Å²) in [7, 11) is 0. The van der Waals surface area contributed by atoms with E-state index in [2.05, 4.69) is 12.2 Å². The number of furan rings is 1. The van der Waals surface area contributed by atoms with Gasteiger partial charge in [0.1, 0.15) is 10.8 Å². The maximum atomic E-state index is 12.6. The number of amides is 1. The van der Waals surface area contributed by atoms with Crippen LogP contribution in [0.4, 0.5) is 5.00 Å². The summed E-state index contributed by atoms with van der Waals surface area (Å²) in [6.45, 7) is 7.60. The number of carbonyl (C=O) groups excluding carboxylic acids is 2. The van der Waals surface area contributed by atoms with Crippen molar-refractivity contribution < 1.29 is 18.7 Å². The minimum atomic E-state index is -0.360. The number of aryl methyl sites for hydroxylation is 1. The lowest BCUT2D eigenvalue weighted by atomic mass is 9.88. The molecule has 1 unspecified atom stereocenters. The van der Waals surface area contributed by atoms with Crippen molar-refractivity contribution in [3.05, 3.63) is 39.7 Å². The van der Waals surface area contributed by atoms with E-state index in [1.165, 1.54) is 22.5 Å². The van der Waals surface area contributed by atoms with Crippen molar-refractivity contribution >= 4 is 28.2 Å². The minimum Gasteiger partial charge on any atom is -0.469 e. The Labute approximate surface area is 151 Å². The Morgan fingerprint density at radius 2 is 2.16 bits per heavy atom. The average molecular weight is 361 g/mol. The Kier molecular flexibility index (Phi) is 4.99. The molecule has 1 aliphatic rings. The van der Waals surface area contributed by atoms with Gasteiger partial charge in [-0.1, -0.05) is 6.92 Å². The molecule has 0 aromatic carbocycles. The Morgan fingerprint density at radius 1 is 1.40 bits per heavy atom. The predicted molar refractivity (Wildman–Crippen MR) is 97.5 cm³/mol. The molecule has 134 valence electrons. The third-order valence-corrected chi connectivity index (χ3v) is 5.56. The van der Waals surface area contributed by atoms with Gasteiger partial charge in [-0.2, -0.15) is 0 Å². The lowest BCUT2D eigenvalue weighted by Gasteiger charge is -2.18. The molecule has 0 bridgehead atoms. The zero-order valence-electron chi connectivity index (χ0n) is 15.0. The molecule has 0 aliphatic heterocycles. The molecular weight excluding hydrogens is 338 g/mol. The summed E-state index contributed by atoms with van der Waals surface area (Å²) in [6.07, 6.45) is 4.10. The molecule has 1 N–H and O–H groups in total. The van der Waals surface area contributed by atoms with Crippen molar-refractivity contribution in [3.63, 3.8) is 0 Å². The molecule has 0 spiro atoms. The summed E-state index contributed by atoms with van der Waals surface area (Å²) in [4.78, 5) is 26.4. The van der Waals surface area contributed by atoms with Crippen LogP contribution in [0, 0.1) is 12.8 Å². The van der Waals surface area contributed by atoms with Crippen molar-refractivity contribution in [1.82, 2.24) is 0 Å². The second kappa shape index (κ2) is 7.04. The first kappa shape index (κ1) is 17.7. The lowest BCUT2D eigenvalue weighted by Crippen LogP contribution is -2.18.